The molecule has 7 nitrogen and oxygen atoms in total. The number of rotatable bonds is 7. The average Bonchev–Trinajstić information content (AvgIpc) is 2.75. The van der Waals surface area contributed by atoms with Crippen molar-refractivity contribution in [3.8, 4) is 5.75 Å². The quantitative estimate of drug-likeness (QED) is 0.304. The molecule has 0 bridgehead atoms. The highest BCUT2D eigenvalue weighted by Crippen LogP contribution is 2.20. The molecular formula is C23H23ClN4O3S. The molecule has 1 unspecified atom stereocenters. The molecule has 0 fully saturated rings. The number of benzene rings is 2. The molecule has 1 aromatic heterocycles. The van der Waals surface area contributed by atoms with Gasteiger partial charge in [0.25, 0.3) is 11.8 Å². The van der Waals surface area contributed by atoms with Gasteiger partial charge in [-0.2, -0.15) is 0 Å². The summed E-state index contributed by atoms with van der Waals surface area (Å²) in [4.78, 5) is 33.3. The van der Waals surface area contributed by atoms with Crippen LogP contribution in [-0.4, -0.2) is 27.9 Å². The number of hydrazine groups is 1. The van der Waals surface area contributed by atoms with Gasteiger partial charge in [-0.15, -0.1) is 0 Å². The summed E-state index contributed by atoms with van der Waals surface area (Å²) < 4.78 is 5.53. The van der Waals surface area contributed by atoms with Crippen molar-refractivity contribution >= 4 is 35.2 Å². The van der Waals surface area contributed by atoms with Gasteiger partial charge in [0, 0.05) is 27.7 Å². The Labute approximate surface area is 195 Å². The lowest BCUT2D eigenvalue weighted by molar-refractivity contribution is -0.128. The highest BCUT2D eigenvalue weighted by Gasteiger charge is 2.16. The molecule has 9 heteroatoms. The van der Waals surface area contributed by atoms with Crippen LogP contribution in [-0.2, 0) is 10.5 Å². The van der Waals surface area contributed by atoms with Gasteiger partial charge < -0.3 is 4.74 Å². The van der Waals surface area contributed by atoms with Gasteiger partial charge in [-0.3, -0.25) is 20.4 Å². The van der Waals surface area contributed by atoms with Crippen molar-refractivity contribution < 1.29 is 14.3 Å². The van der Waals surface area contributed by atoms with Crippen molar-refractivity contribution in [1.29, 1.82) is 0 Å². The highest BCUT2D eigenvalue weighted by atomic mass is 35.5. The van der Waals surface area contributed by atoms with Crippen LogP contribution in [0, 0.1) is 13.8 Å². The van der Waals surface area contributed by atoms with Gasteiger partial charge in [0.2, 0.25) is 0 Å². The van der Waals surface area contributed by atoms with Crippen molar-refractivity contribution in [1.82, 2.24) is 20.8 Å². The maximum atomic E-state index is 12.3. The predicted octanol–water partition coefficient (Wildman–Crippen LogP) is 4.27. The first-order valence-corrected chi connectivity index (χ1v) is 11.2. The van der Waals surface area contributed by atoms with Crippen LogP contribution in [0.4, 0.5) is 0 Å². The lowest BCUT2D eigenvalue weighted by atomic mass is 10.1. The molecule has 2 amide bonds. The molecule has 3 rings (SSSR count). The molecular weight excluding hydrogens is 448 g/mol. The molecule has 0 aliphatic carbocycles. The molecule has 0 saturated carbocycles. The largest absolute Gasteiger partial charge is 0.481 e. The normalized spacial score (nSPS) is 11.5. The van der Waals surface area contributed by atoms with E-state index in [1.807, 2.05) is 32.0 Å². The lowest BCUT2D eigenvalue weighted by Gasteiger charge is -2.15. The summed E-state index contributed by atoms with van der Waals surface area (Å²) in [7, 11) is 0. The zero-order chi connectivity index (χ0) is 23.1. The molecule has 0 spiro atoms. The fraction of sp³-hybridized carbons (Fsp3) is 0.217. The number of amides is 2. The Kier molecular flexibility index (Phi) is 8.08. The first kappa shape index (κ1) is 23.6. The highest BCUT2D eigenvalue weighted by molar-refractivity contribution is 7.98. The molecule has 0 aliphatic rings. The number of aromatic nitrogens is 2. The van der Waals surface area contributed by atoms with E-state index in [0.29, 0.717) is 22.1 Å². The molecule has 2 aromatic carbocycles. The van der Waals surface area contributed by atoms with E-state index in [4.69, 9.17) is 16.3 Å². The van der Waals surface area contributed by atoms with Gasteiger partial charge in [-0.25, -0.2) is 9.97 Å². The number of thioether (sulfide) groups is 1. The summed E-state index contributed by atoms with van der Waals surface area (Å²) in [5.41, 5.74) is 8.08. The van der Waals surface area contributed by atoms with Crippen LogP contribution >= 0.6 is 23.4 Å². The molecule has 1 atom stereocenters. The summed E-state index contributed by atoms with van der Waals surface area (Å²) in [5.74, 6) is 0.232. The van der Waals surface area contributed by atoms with Crippen molar-refractivity contribution in [2.75, 3.05) is 0 Å². The first-order chi connectivity index (χ1) is 15.3. The summed E-state index contributed by atoms with van der Waals surface area (Å²) in [6.07, 6.45) is -0.819. The van der Waals surface area contributed by atoms with E-state index in [9.17, 15) is 9.59 Å². The number of hydrogen-bond donors (Lipinski definition) is 2. The molecule has 166 valence electrons. The topological polar surface area (TPSA) is 93.2 Å². The van der Waals surface area contributed by atoms with Gasteiger partial charge in [-0.1, -0.05) is 41.6 Å². The molecule has 0 saturated heterocycles. The van der Waals surface area contributed by atoms with Crippen LogP contribution in [0.15, 0.2) is 59.8 Å². The summed E-state index contributed by atoms with van der Waals surface area (Å²) in [6, 6.07) is 15.8. The monoisotopic (exact) mass is 470 g/mol. The number of nitrogens with zero attached hydrogens (tertiary/aromatic N) is 2. The zero-order valence-electron chi connectivity index (χ0n) is 17.9. The van der Waals surface area contributed by atoms with Crippen LogP contribution in [0.5, 0.6) is 5.75 Å². The fourth-order valence-corrected chi connectivity index (χ4v) is 3.83. The van der Waals surface area contributed by atoms with Crippen LogP contribution in [0.25, 0.3) is 0 Å². The minimum Gasteiger partial charge on any atom is -0.481 e. The number of carbonyl (C=O) groups excluding carboxylic acids is 2. The van der Waals surface area contributed by atoms with E-state index < -0.39 is 17.9 Å². The van der Waals surface area contributed by atoms with E-state index in [2.05, 4.69) is 20.8 Å². The van der Waals surface area contributed by atoms with Crippen LogP contribution in [0.2, 0.25) is 5.02 Å². The third kappa shape index (κ3) is 6.96. The van der Waals surface area contributed by atoms with Gasteiger partial charge >= 0.3 is 0 Å². The molecule has 32 heavy (non-hydrogen) atoms. The number of aryl methyl sites for hydroxylation is 2. The third-order valence-electron chi connectivity index (χ3n) is 4.32. The minimum atomic E-state index is -0.819. The fourth-order valence-electron chi connectivity index (χ4n) is 2.75. The number of halogens is 1. The Balaban J connectivity index is 1.48. The summed E-state index contributed by atoms with van der Waals surface area (Å²) >= 11 is 7.44. The number of ether oxygens (including phenoxy) is 1. The molecule has 0 aliphatic heterocycles. The summed E-state index contributed by atoms with van der Waals surface area (Å²) in [6.45, 7) is 5.46. The van der Waals surface area contributed by atoms with Gasteiger partial charge in [0.1, 0.15) is 5.75 Å². The van der Waals surface area contributed by atoms with Crippen molar-refractivity contribution in [3.63, 3.8) is 0 Å². The number of hydrogen-bond acceptors (Lipinski definition) is 6. The van der Waals surface area contributed by atoms with Gasteiger partial charge in [-0.05, 0) is 62.7 Å². The van der Waals surface area contributed by atoms with Crippen LogP contribution in [0.1, 0.15) is 34.2 Å². The van der Waals surface area contributed by atoms with E-state index in [0.717, 1.165) is 22.1 Å². The van der Waals surface area contributed by atoms with Gasteiger partial charge in [0.15, 0.2) is 11.3 Å². The first-order valence-electron chi connectivity index (χ1n) is 9.86. The second kappa shape index (κ2) is 11.0. The Hall–Kier alpha value is -3.10. The second-order valence-electron chi connectivity index (χ2n) is 7.08. The number of nitrogens with one attached hydrogen (secondary N) is 2. The SMILES string of the molecule is Cc1cc(C)nc(SCc2ccc(C(=O)NNC(=O)C(C)Oc3cccc(Cl)c3)cc2)n1. The summed E-state index contributed by atoms with van der Waals surface area (Å²) in [5, 5.41) is 1.23. The molecule has 2 N–H and O–H groups in total. The number of carbonyl (C=O) groups is 2. The maximum absolute atomic E-state index is 12.3. The smallest absolute Gasteiger partial charge is 0.279 e. The van der Waals surface area contributed by atoms with Crippen molar-refractivity contribution in [2.45, 2.75) is 37.8 Å². The van der Waals surface area contributed by atoms with E-state index in [-0.39, 0.29) is 0 Å². The Bertz CT molecular complexity index is 1090. The average molecular weight is 471 g/mol. The second-order valence-corrected chi connectivity index (χ2v) is 8.46. The minimum absolute atomic E-state index is 0.421. The van der Waals surface area contributed by atoms with E-state index in [1.165, 1.54) is 11.8 Å². The standard InChI is InChI=1S/C23H23ClN4O3S/c1-14-11-15(2)26-23(25-14)32-13-17-7-9-18(10-8-17)22(30)28-27-21(29)16(3)31-20-6-4-5-19(24)12-20/h4-12,16H,13H2,1-3H3,(H,27,29)(H,28,30). The molecule has 0 radical (unpaired) electrons. The molecule has 3 aromatic rings. The Morgan fingerprint density at radius 1 is 1.03 bits per heavy atom. The van der Waals surface area contributed by atoms with E-state index >= 15 is 0 Å². The van der Waals surface area contributed by atoms with Crippen LogP contribution < -0.4 is 15.6 Å². The third-order valence-corrected chi connectivity index (χ3v) is 5.48. The Morgan fingerprint density at radius 3 is 2.38 bits per heavy atom. The van der Waals surface area contributed by atoms with Gasteiger partial charge in [0.05, 0.1) is 0 Å². The predicted molar refractivity (Wildman–Crippen MR) is 125 cm³/mol. The van der Waals surface area contributed by atoms with E-state index in [1.54, 1.807) is 43.3 Å². The van der Waals surface area contributed by atoms with Crippen molar-refractivity contribution in [2.24, 2.45) is 0 Å². The van der Waals surface area contributed by atoms with Crippen molar-refractivity contribution in [3.05, 3.63) is 82.1 Å². The maximum Gasteiger partial charge on any atom is 0.279 e. The lowest BCUT2D eigenvalue weighted by Crippen LogP contribution is -2.47. The van der Waals surface area contributed by atoms with Crippen LogP contribution in [0.3, 0.4) is 0 Å². The Morgan fingerprint density at radius 2 is 1.72 bits per heavy atom. The zero-order valence-corrected chi connectivity index (χ0v) is 19.5. The molecule has 1 heterocycles.